The van der Waals surface area contributed by atoms with E-state index in [1.165, 1.54) is 24.8 Å². The summed E-state index contributed by atoms with van der Waals surface area (Å²) in [7, 11) is -0.984. The molecule has 1 atom stereocenters. The van der Waals surface area contributed by atoms with Gasteiger partial charge in [0.25, 0.3) is 0 Å². The molecule has 0 radical (unpaired) electrons. The molecule has 106 valence electrons. The van der Waals surface area contributed by atoms with E-state index >= 15 is 0 Å². The van der Waals surface area contributed by atoms with Gasteiger partial charge in [0.1, 0.15) is 7.22 Å². The van der Waals surface area contributed by atoms with Gasteiger partial charge in [-0.05, 0) is 30.1 Å². The Morgan fingerprint density at radius 1 is 1.21 bits per heavy atom. The lowest BCUT2D eigenvalue weighted by Gasteiger charge is -2.23. The Morgan fingerprint density at radius 2 is 1.89 bits per heavy atom. The van der Waals surface area contributed by atoms with Gasteiger partial charge in [0.05, 0.1) is 0 Å². The summed E-state index contributed by atoms with van der Waals surface area (Å²) in [4.78, 5) is 4.52. The third-order valence-corrected chi connectivity index (χ3v) is 7.56. The summed E-state index contributed by atoms with van der Waals surface area (Å²) in [5, 5.41) is 0.832. The van der Waals surface area contributed by atoms with Crippen molar-refractivity contribution in [1.29, 1.82) is 0 Å². The van der Waals surface area contributed by atoms with Crippen molar-refractivity contribution >= 4 is 24.6 Å². The minimum absolute atomic E-state index is 0.832. The Bertz CT molecular complexity index is 370. The molecular formula is C16H27NSSi. The Hall–Kier alpha value is -0.543. The molecule has 0 amide bonds. The fraction of sp³-hybridized carbons (Fsp3) is 0.562. The number of nitrogens with zero attached hydrogens (tertiary/aromatic N) is 1. The molecule has 1 aromatic carbocycles. The molecule has 0 fully saturated rings. The van der Waals surface area contributed by atoms with Gasteiger partial charge in [0.2, 0.25) is 0 Å². The van der Waals surface area contributed by atoms with Gasteiger partial charge in [-0.3, -0.25) is 4.99 Å². The lowest BCUT2D eigenvalue weighted by Crippen LogP contribution is -2.20. The zero-order valence-electron chi connectivity index (χ0n) is 12.7. The van der Waals surface area contributed by atoms with Crippen molar-refractivity contribution < 1.29 is 0 Å². The molecule has 0 aliphatic heterocycles. The number of hydrogen-bond donors (Lipinski definition) is 0. The van der Waals surface area contributed by atoms with E-state index in [9.17, 15) is 0 Å². The van der Waals surface area contributed by atoms with Crippen molar-refractivity contribution in [2.24, 2.45) is 4.99 Å². The fourth-order valence-electron chi connectivity index (χ4n) is 1.97. The zero-order valence-corrected chi connectivity index (χ0v) is 14.5. The van der Waals surface area contributed by atoms with Crippen LogP contribution in [0.25, 0.3) is 0 Å². The molecule has 0 saturated carbocycles. The molecule has 0 aliphatic rings. The van der Waals surface area contributed by atoms with E-state index in [4.69, 9.17) is 0 Å². The third kappa shape index (κ3) is 8.27. The van der Waals surface area contributed by atoms with E-state index in [0.29, 0.717) is 0 Å². The van der Waals surface area contributed by atoms with Crippen LogP contribution in [0.1, 0.15) is 31.7 Å². The predicted octanol–water partition coefficient (Wildman–Crippen LogP) is 5.23. The first kappa shape index (κ1) is 16.5. The molecule has 1 rings (SSSR count). The zero-order chi connectivity index (χ0) is 14.1. The van der Waals surface area contributed by atoms with E-state index in [0.717, 1.165) is 11.8 Å². The lowest BCUT2D eigenvalue weighted by molar-refractivity contribution is 0.693. The summed E-state index contributed by atoms with van der Waals surface area (Å²) in [5.74, 6) is 0. The largest absolute Gasteiger partial charge is 0.293 e. The molecule has 0 aliphatic carbocycles. The first-order valence-electron chi connectivity index (χ1n) is 7.24. The molecule has 0 aromatic heterocycles. The maximum atomic E-state index is 4.52. The number of hydrogen-bond acceptors (Lipinski definition) is 2. The molecule has 0 N–H and O–H groups in total. The smallest absolute Gasteiger partial charge is 0.108 e. The molecule has 1 aromatic rings. The standard InChI is InChI=1S/C16H27NSSi/c1-5-16(18-19(2,3)4)12-9-13-17-14-15-10-7-6-8-11-15/h6-8,10-11,14,16H,5,9,12-13H2,1-4H3. The molecule has 0 spiro atoms. The third-order valence-electron chi connectivity index (χ3n) is 2.83. The van der Waals surface area contributed by atoms with Gasteiger partial charge in [0, 0.05) is 12.8 Å². The van der Waals surface area contributed by atoms with Gasteiger partial charge in [-0.15, -0.1) is 0 Å². The number of aliphatic imine (C=N–C) groups is 1. The maximum absolute atomic E-state index is 4.52. The first-order valence-corrected chi connectivity index (χ1v) is 12.3. The van der Waals surface area contributed by atoms with Gasteiger partial charge in [0.15, 0.2) is 0 Å². The second kappa shape index (κ2) is 8.59. The minimum atomic E-state index is -0.984. The monoisotopic (exact) mass is 293 g/mol. The molecule has 19 heavy (non-hydrogen) atoms. The molecule has 0 saturated heterocycles. The summed E-state index contributed by atoms with van der Waals surface area (Å²) >= 11 is 2.24. The summed E-state index contributed by atoms with van der Waals surface area (Å²) in [6.07, 6.45) is 5.79. The van der Waals surface area contributed by atoms with Gasteiger partial charge in [-0.1, -0.05) is 56.9 Å². The summed E-state index contributed by atoms with van der Waals surface area (Å²) in [5.41, 5.74) is 1.20. The average molecular weight is 294 g/mol. The SMILES string of the molecule is CCC(CCCN=Cc1ccccc1)S[Si](C)(C)C. The molecule has 3 heteroatoms. The normalized spacial score (nSPS) is 13.9. The van der Waals surface area contributed by atoms with E-state index < -0.39 is 7.22 Å². The van der Waals surface area contributed by atoms with Crippen molar-refractivity contribution in [2.75, 3.05) is 6.54 Å². The quantitative estimate of drug-likeness (QED) is 0.363. The summed E-state index contributed by atoms with van der Waals surface area (Å²) in [6, 6.07) is 10.3. The lowest BCUT2D eigenvalue weighted by atomic mass is 10.2. The molecular weight excluding hydrogens is 266 g/mol. The van der Waals surface area contributed by atoms with Crippen molar-refractivity contribution in [2.45, 2.75) is 51.1 Å². The topological polar surface area (TPSA) is 12.4 Å². The summed E-state index contributed by atoms with van der Waals surface area (Å²) in [6.45, 7) is 10.6. The maximum Gasteiger partial charge on any atom is 0.108 e. The van der Waals surface area contributed by atoms with Crippen molar-refractivity contribution in [3.63, 3.8) is 0 Å². The fourth-order valence-corrected chi connectivity index (χ4v) is 7.27. The van der Waals surface area contributed by atoms with E-state index in [2.05, 4.69) is 67.0 Å². The van der Waals surface area contributed by atoms with Crippen molar-refractivity contribution in [1.82, 2.24) is 0 Å². The molecule has 1 unspecified atom stereocenters. The number of benzene rings is 1. The number of rotatable bonds is 8. The summed E-state index contributed by atoms with van der Waals surface area (Å²) < 4.78 is 0. The van der Waals surface area contributed by atoms with Crippen LogP contribution in [0, 0.1) is 0 Å². The Kier molecular flexibility index (Phi) is 7.47. The van der Waals surface area contributed by atoms with Crippen LogP contribution in [0.3, 0.4) is 0 Å². The second-order valence-corrected chi connectivity index (χ2v) is 15.4. The Morgan fingerprint density at radius 3 is 2.47 bits per heavy atom. The minimum Gasteiger partial charge on any atom is -0.293 e. The van der Waals surface area contributed by atoms with Gasteiger partial charge >= 0.3 is 0 Å². The highest BCUT2D eigenvalue weighted by Crippen LogP contribution is 2.29. The molecule has 1 nitrogen and oxygen atoms in total. The van der Waals surface area contributed by atoms with Crippen LogP contribution in [-0.2, 0) is 0 Å². The average Bonchev–Trinajstić information content (AvgIpc) is 2.37. The molecule has 0 heterocycles. The van der Waals surface area contributed by atoms with Crippen molar-refractivity contribution in [3.05, 3.63) is 35.9 Å². The Balaban J connectivity index is 2.24. The van der Waals surface area contributed by atoms with E-state index in [1.807, 2.05) is 12.3 Å². The van der Waals surface area contributed by atoms with E-state index in [1.54, 1.807) is 0 Å². The molecule has 0 bridgehead atoms. The predicted molar refractivity (Wildman–Crippen MR) is 93.2 cm³/mol. The van der Waals surface area contributed by atoms with Gasteiger partial charge in [-0.25, -0.2) is 0 Å². The van der Waals surface area contributed by atoms with Crippen LogP contribution >= 0.6 is 11.2 Å². The van der Waals surface area contributed by atoms with Crippen LogP contribution in [0.5, 0.6) is 0 Å². The van der Waals surface area contributed by atoms with Crippen LogP contribution in [0.4, 0.5) is 0 Å². The Labute approximate surface area is 123 Å². The highest BCUT2D eigenvalue weighted by molar-refractivity contribution is 8.29. The van der Waals surface area contributed by atoms with Crippen LogP contribution in [0.2, 0.25) is 19.6 Å². The van der Waals surface area contributed by atoms with Crippen LogP contribution in [0.15, 0.2) is 35.3 Å². The first-order chi connectivity index (χ1) is 9.01. The van der Waals surface area contributed by atoms with Crippen molar-refractivity contribution in [3.8, 4) is 0 Å². The van der Waals surface area contributed by atoms with Crippen LogP contribution < -0.4 is 0 Å². The van der Waals surface area contributed by atoms with E-state index in [-0.39, 0.29) is 0 Å². The highest BCUT2D eigenvalue weighted by Gasteiger charge is 2.19. The van der Waals surface area contributed by atoms with Gasteiger partial charge in [-0.2, -0.15) is 11.2 Å². The highest BCUT2D eigenvalue weighted by atomic mass is 32.4. The van der Waals surface area contributed by atoms with Crippen LogP contribution in [-0.4, -0.2) is 25.2 Å². The van der Waals surface area contributed by atoms with Gasteiger partial charge < -0.3 is 0 Å². The second-order valence-electron chi connectivity index (χ2n) is 5.85.